The number of rotatable bonds is 13. The van der Waals surface area contributed by atoms with Crippen LogP contribution in [0.3, 0.4) is 0 Å². The Bertz CT molecular complexity index is 215. The third kappa shape index (κ3) is 8.97. The normalized spacial score (nSPS) is 15.0. The lowest BCUT2D eigenvalue weighted by molar-refractivity contribution is 0.120. The Morgan fingerprint density at radius 3 is 2.20 bits per heavy atom. The van der Waals surface area contributed by atoms with Crippen LogP contribution in [-0.4, -0.2) is 37.1 Å². The smallest absolute Gasteiger partial charge is 0.00502 e. The maximum atomic E-state index is 3.65. The lowest BCUT2D eigenvalue weighted by atomic mass is 9.84. The first kappa shape index (κ1) is 19.9. The molecule has 0 amide bonds. The van der Waals surface area contributed by atoms with Crippen LogP contribution in [0.15, 0.2) is 0 Å². The van der Waals surface area contributed by atoms with Gasteiger partial charge in [-0.15, -0.1) is 0 Å². The second-order valence-electron chi connectivity index (χ2n) is 7.01. The van der Waals surface area contributed by atoms with Gasteiger partial charge in [0, 0.05) is 19.1 Å². The van der Waals surface area contributed by atoms with E-state index >= 15 is 0 Å². The molecule has 0 aliphatic heterocycles. The number of nitrogens with zero attached hydrogens (tertiary/aromatic N) is 1. The summed E-state index contributed by atoms with van der Waals surface area (Å²) in [6, 6.07) is 0.661. The Balaban J connectivity index is 4.46. The number of unbranched alkanes of at least 4 members (excludes halogenated alkanes) is 2. The molecular formula is C18H40N2. The highest BCUT2D eigenvalue weighted by Crippen LogP contribution is 2.25. The van der Waals surface area contributed by atoms with E-state index in [9.17, 15) is 0 Å². The summed E-state index contributed by atoms with van der Waals surface area (Å²) in [5, 5.41) is 3.65. The van der Waals surface area contributed by atoms with Crippen molar-refractivity contribution in [2.24, 2.45) is 5.41 Å². The molecule has 0 aromatic rings. The predicted octanol–water partition coefficient (Wildman–Crippen LogP) is 4.69. The van der Waals surface area contributed by atoms with Crippen LogP contribution in [0.1, 0.15) is 80.1 Å². The monoisotopic (exact) mass is 284 g/mol. The molecule has 2 nitrogen and oxygen atoms in total. The number of hydrogen-bond acceptors (Lipinski definition) is 2. The lowest BCUT2D eigenvalue weighted by Crippen LogP contribution is -2.45. The van der Waals surface area contributed by atoms with Crippen molar-refractivity contribution in [3.8, 4) is 0 Å². The van der Waals surface area contributed by atoms with Crippen LogP contribution in [0.4, 0.5) is 0 Å². The SMILES string of the molecule is CCCCCN(CC(C)(CCC)CNCCC)C(C)C. The number of nitrogens with one attached hydrogen (secondary N) is 1. The fraction of sp³-hybridized carbons (Fsp3) is 1.00. The molecule has 0 spiro atoms. The maximum absolute atomic E-state index is 3.65. The summed E-state index contributed by atoms with van der Waals surface area (Å²) >= 11 is 0. The van der Waals surface area contributed by atoms with Crippen molar-refractivity contribution < 1.29 is 0 Å². The molecule has 1 unspecified atom stereocenters. The van der Waals surface area contributed by atoms with E-state index in [1.165, 1.54) is 51.6 Å². The fourth-order valence-corrected chi connectivity index (χ4v) is 2.97. The van der Waals surface area contributed by atoms with Crippen molar-refractivity contribution in [1.29, 1.82) is 0 Å². The molecule has 0 saturated heterocycles. The average Bonchev–Trinajstić information content (AvgIpc) is 2.38. The molecule has 1 N–H and O–H groups in total. The summed E-state index contributed by atoms with van der Waals surface area (Å²) in [6.07, 6.45) is 7.86. The van der Waals surface area contributed by atoms with E-state index < -0.39 is 0 Å². The zero-order valence-corrected chi connectivity index (χ0v) is 15.1. The Hall–Kier alpha value is -0.0800. The Morgan fingerprint density at radius 2 is 1.70 bits per heavy atom. The molecule has 0 aromatic heterocycles. The predicted molar refractivity (Wildman–Crippen MR) is 92.4 cm³/mol. The molecular weight excluding hydrogens is 244 g/mol. The molecule has 0 aliphatic rings. The molecule has 0 bridgehead atoms. The van der Waals surface area contributed by atoms with Gasteiger partial charge in [0.15, 0.2) is 0 Å². The average molecular weight is 285 g/mol. The molecule has 0 aromatic carbocycles. The van der Waals surface area contributed by atoms with Gasteiger partial charge in [0.05, 0.1) is 0 Å². The van der Waals surface area contributed by atoms with Crippen LogP contribution in [0, 0.1) is 5.41 Å². The highest BCUT2D eigenvalue weighted by molar-refractivity contribution is 4.82. The van der Waals surface area contributed by atoms with E-state index in [-0.39, 0.29) is 0 Å². The minimum absolute atomic E-state index is 0.417. The molecule has 20 heavy (non-hydrogen) atoms. The molecule has 122 valence electrons. The lowest BCUT2D eigenvalue weighted by Gasteiger charge is -2.38. The molecule has 2 heteroatoms. The number of hydrogen-bond donors (Lipinski definition) is 1. The quantitative estimate of drug-likeness (QED) is 0.493. The summed E-state index contributed by atoms with van der Waals surface area (Å²) in [4.78, 5) is 2.69. The summed E-state index contributed by atoms with van der Waals surface area (Å²) < 4.78 is 0. The summed E-state index contributed by atoms with van der Waals surface area (Å²) in [6.45, 7) is 18.8. The molecule has 0 rings (SSSR count). The molecule has 0 heterocycles. The van der Waals surface area contributed by atoms with Gasteiger partial charge in [0.2, 0.25) is 0 Å². The zero-order chi connectivity index (χ0) is 15.4. The van der Waals surface area contributed by atoms with E-state index in [4.69, 9.17) is 0 Å². The van der Waals surface area contributed by atoms with Gasteiger partial charge < -0.3 is 10.2 Å². The van der Waals surface area contributed by atoms with E-state index in [0.717, 1.165) is 13.1 Å². The van der Waals surface area contributed by atoms with Gasteiger partial charge in [-0.05, 0) is 51.6 Å². The Labute approximate surface area is 128 Å². The second kappa shape index (κ2) is 11.6. The van der Waals surface area contributed by atoms with Crippen LogP contribution in [0.5, 0.6) is 0 Å². The first-order valence-corrected chi connectivity index (χ1v) is 8.93. The Kier molecular flexibility index (Phi) is 11.5. The standard InChI is InChI=1S/C18H40N2/c1-7-10-11-14-20(17(4)5)16-18(6,12-8-2)15-19-13-9-3/h17,19H,7-16H2,1-6H3. The van der Waals surface area contributed by atoms with Crippen molar-refractivity contribution in [2.75, 3.05) is 26.2 Å². The van der Waals surface area contributed by atoms with Crippen molar-refractivity contribution >= 4 is 0 Å². The molecule has 0 saturated carbocycles. The first-order valence-electron chi connectivity index (χ1n) is 8.93. The highest BCUT2D eigenvalue weighted by Gasteiger charge is 2.26. The van der Waals surface area contributed by atoms with Gasteiger partial charge in [-0.1, -0.05) is 47.0 Å². The summed E-state index contributed by atoms with van der Waals surface area (Å²) in [7, 11) is 0. The maximum Gasteiger partial charge on any atom is 0.00502 e. The van der Waals surface area contributed by atoms with E-state index in [2.05, 4.69) is 51.8 Å². The molecule has 1 atom stereocenters. The third-order valence-electron chi connectivity index (χ3n) is 4.20. The van der Waals surface area contributed by atoms with Gasteiger partial charge in [-0.2, -0.15) is 0 Å². The van der Waals surface area contributed by atoms with Gasteiger partial charge in [-0.3, -0.25) is 0 Å². The Morgan fingerprint density at radius 1 is 1.00 bits per heavy atom. The molecule has 0 radical (unpaired) electrons. The topological polar surface area (TPSA) is 15.3 Å². The summed E-state index contributed by atoms with van der Waals surface area (Å²) in [5.41, 5.74) is 0.417. The van der Waals surface area contributed by atoms with Crippen molar-refractivity contribution in [3.05, 3.63) is 0 Å². The van der Waals surface area contributed by atoms with Gasteiger partial charge >= 0.3 is 0 Å². The van der Waals surface area contributed by atoms with Crippen LogP contribution in [0.25, 0.3) is 0 Å². The van der Waals surface area contributed by atoms with Crippen LogP contribution in [-0.2, 0) is 0 Å². The minimum atomic E-state index is 0.417. The van der Waals surface area contributed by atoms with Gasteiger partial charge in [0.1, 0.15) is 0 Å². The van der Waals surface area contributed by atoms with Gasteiger partial charge in [-0.25, -0.2) is 0 Å². The largest absolute Gasteiger partial charge is 0.316 e. The second-order valence-corrected chi connectivity index (χ2v) is 7.01. The van der Waals surface area contributed by atoms with E-state index in [1.54, 1.807) is 0 Å². The van der Waals surface area contributed by atoms with Crippen LogP contribution >= 0.6 is 0 Å². The van der Waals surface area contributed by atoms with Crippen LogP contribution < -0.4 is 5.32 Å². The first-order chi connectivity index (χ1) is 9.49. The molecule has 0 aliphatic carbocycles. The van der Waals surface area contributed by atoms with Crippen molar-refractivity contribution in [1.82, 2.24) is 10.2 Å². The highest BCUT2D eigenvalue weighted by atomic mass is 15.2. The fourth-order valence-electron chi connectivity index (χ4n) is 2.97. The van der Waals surface area contributed by atoms with Crippen LogP contribution in [0.2, 0.25) is 0 Å². The zero-order valence-electron chi connectivity index (χ0n) is 15.1. The van der Waals surface area contributed by atoms with E-state index in [0.29, 0.717) is 11.5 Å². The van der Waals surface area contributed by atoms with Gasteiger partial charge in [0.25, 0.3) is 0 Å². The third-order valence-corrected chi connectivity index (χ3v) is 4.20. The van der Waals surface area contributed by atoms with Crippen molar-refractivity contribution in [3.63, 3.8) is 0 Å². The minimum Gasteiger partial charge on any atom is -0.316 e. The van der Waals surface area contributed by atoms with Crippen molar-refractivity contribution in [2.45, 2.75) is 86.1 Å². The van der Waals surface area contributed by atoms with E-state index in [1.807, 2.05) is 0 Å². The molecule has 0 fully saturated rings. The summed E-state index contributed by atoms with van der Waals surface area (Å²) in [5.74, 6) is 0.